The van der Waals surface area contributed by atoms with Crippen LogP contribution in [0.5, 0.6) is 0 Å². The lowest BCUT2D eigenvalue weighted by Crippen LogP contribution is -2.29. The van der Waals surface area contributed by atoms with E-state index in [2.05, 4.69) is 18.3 Å². The second-order valence-corrected chi connectivity index (χ2v) is 6.09. The van der Waals surface area contributed by atoms with E-state index in [1.165, 1.54) is 25.7 Å². The summed E-state index contributed by atoms with van der Waals surface area (Å²) in [6.07, 6.45) is 6.54. The summed E-state index contributed by atoms with van der Waals surface area (Å²) >= 11 is 0. The van der Waals surface area contributed by atoms with E-state index in [-0.39, 0.29) is 5.41 Å². The summed E-state index contributed by atoms with van der Waals surface area (Å²) in [6, 6.07) is 2.35. The molecule has 1 aliphatic carbocycles. The lowest BCUT2D eigenvalue weighted by atomic mass is 9.82. The van der Waals surface area contributed by atoms with Crippen LogP contribution in [0.4, 0.5) is 0 Å². The SMILES string of the molecule is CC1CCCC(CNCCC(C)(C)C#N)C1. The van der Waals surface area contributed by atoms with Crippen molar-refractivity contribution >= 4 is 0 Å². The summed E-state index contributed by atoms with van der Waals surface area (Å²) in [7, 11) is 0. The zero-order valence-electron chi connectivity index (χ0n) is 11.1. The Bertz CT molecular complexity index is 240. The number of rotatable bonds is 5. The first-order chi connectivity index (χ1) is 7.53. The van der Waals surface area contributed by atoms with Crippen molar-refractivity contribution in [1.29, 1.82) is 5.26 Å². The largest absolute Gasteiger partial charge is 0.316 e. The van der Waals surface area contributed by atoms with Crippen LogP contribution in [0.2, 0.25) is 0 Å². The molecule has 0 spiro atoms. The van der Waals surface area contributed by atoms with E-state index in [4.69, 9.17) is 5.26 Å². The van der Waals surface area contributed by atoms with E-state index in [1.54, 1.807) is 0 Å². The maximum atomic E-state index is 8.90. The van der Waals surface area contributed by atoms with Crippen molar-refractivity contribution < 1.29 is 0 Å². The average molecular weight is 222 g/mol. The van der Waals surface area contributed by atoms with E-state index in [0.717, 1.165) is 31.3 Å². The first-order valence-corrected chi connectivity index (χ1v) is 6.65. The molecule has 0 bridgehead atoms. The highest BCUT2D eigenvalue weighted by Gasteiger charge is 2.19. The zero-order chi connectivity index (χ0) is 12.0. The van der Waals surface area contributed by atoms with Crippen LogP contribution in [0.25, 0.3) is 0 Å². The summed E-state index contributed by atoms with van der Waals surface area (Å²) in [4.78, 5) is 0. The Morgan fingerprint density at radius 2 is 2.12 bits per heavy atom. The number of nitriles is 1. The summed E-state index contributed by atoms with van der Waals surface area (Å²) in [5, 5.41) is 12.4. The summed E-state index contributed by atoms with van der Waals surface area (Å²) in [6.45, 7) is 8.51. The molecular weight excluding hydrogens is 196 g/mol. The third-order valence-corrected chi connectivity index (χ3v) is 3.71. The Kier molecular flexibility index (Phi) is 5.28. The maximum absolute atomic E-state index is 8.90. The van der Waals surface area contributed by atoms with Gasteiger partial charge in [-0.2, -0.15) is 5.26 Å². The van der Waals surface area contributed by atoms with Crippen molar-refractivity contribution in [2.75, 3.05) is 13.1 Å². The molecule has 0 heterocycles. The van der Waals surface area contributed by atoms with Crippen LogP contribution in [-0.4, -0.2) is 13.1 Å². The third kappa shape index (κ3) is 4.99. The predicted molar refractivity (Wildman–Crippen MR) is 68.0 cm³/mol. The first-order valence-electron chi connectivity index (χ1n) is 6.65. The Hall–Kier alpha value is -0.550. The summed E-state index contributed by atoms with van der Waals surface area (Å²) in [5.41, 5.74) is -0.174. The molecule has 2 unspecified atom stereocenters. The highest BCUT2D eigenvalue weighted by Crippen LogP contribution is 2.28. The van der Waals surface area contributed by atoms with Gasteiger partial charge >= 0.3 is 0 Å². The topological polar surface area (TPSA) is 35.8 Å². The minimum absolute atomic E-state index is 0.174. The quantitative estimate of drug-likeness (QED) is 0.724. The second kappa shape index (κ2) is 6.25. The fraction of sp³-hybridized carbons (Fsp3) is 0.929. The minimum atomic E-state index is -0.174. The number of hydrogen-bond acceptors (Lipinski definition) is 2. The normalized spacial score (nSPS) is 26.4. The van der Waals surface area contributed by atoms with Crippen LogP contribution < -0.4 is 5.32 Å². The fourth-order valence-corrected chi connectivity index (χ4v) is 2.51. The van der Waals surface area contributed by atoms with E-state index in [9.17, 15) is 0 Å². The van der Waals surface area contributed by atoms with Gasteiger partial charge < -0.3 is 5.32 Å². The van der Waals surface area contributed by atoms with Crippen LogP contribution in [0.3, 0.4) is 0 Å². The minimum Gasteiger partial charge on any atom is -0.316 e. The Morgan fingerprint density at radius 1 is 1.38 bits per heavy atom. The van der Waals surface area contributed by atoms with Crippen LogP contribution >= 0.6 is 0 Å². The van der Waals surface area contributed by atoms with E-state index >= 15 is 0 Å². The smallest absolute Gasteiger partial charge is 0.0684 e. The van der Waals surface area contributed by atoms with Gasteiger partial charge in [0.25, 0.3) is 0 Å². The number of nitrogens with one attached hydrogen (secondary N) is 1. The van der Waals surface area contributed by atoms with Crippen LogP contribution in [-0.2, 0) is 0 Å². The summed E-state index contributed by atoms with van der Waals surface area (Å²) in [5.74, 6) is 1.78. The first kappa shape index (κ1) is 13.5. The lowest BCUT2D eigenvalue weighted by molar-refractivity contribution is 0.271. The van der Waals surface area contributed by atoms with Crippen LogP contribution in [0.15, 0.2) is 0 Å². The zero-order valence-corrected chi connectivity index (χ0v) is 11.1. The molecule has 1 saturated carbocycles. The van der Waals surface area contributed by atoms with Crippen molar-refractivity contribution in [3.63, 3.8) is 0 Å². The van der Waals surface area contributed by atoms with Gasteiger partial charge in [0.15, 0.2) is 0 Å². The molecular formula is C14H26N2. The molecule has 1 fully saturated rings. The van der Waals surface area contributed by atoms with Crippen molar-refractivity contribution in [2.45, 2.75) is 52.9 Å². The molecule has 0 aromatic rings. The van der Waals surface area contributed by atoms with Crippen molar-refractivity contribution in [3.8, 4) is 6.07 Å². The van der Waals surface area contributed by atoms with Gasteiger partial charge in [-0.25, -0.2) is 0 Å². The van der Waals surface area contributed by atoms with Crippen molar-refractivity contribution in [1.82, 2.24) is 5.32 Å². The molecule has 0 saturated heterocycles. The maximum Gasteiger partial charge on any atom is 0.0684 e. The van der Waals surface area contributed by atoms with Gasteiger partial charge in [-0.15, -0.1) is 0 Å². The Labute approximate surface area is 100 Å². The molecule has 92 valence electrons. The second-order valence-electron chi connectivity index (χ2n) is 6.09. The van der Waals surface area contributed by atoms with Crippen LogP contribution in [0.1, 0.15) is 52.9 Å². The highest BCUT2D eigenvalue weighted by atomic mass is 14.9. The molecule has 1 aliphatic rings. The van der Waals surface area contributed by atoms with Gasteiger partial charge in [0.05, 0.1) is 11.5 Å². The Balaban J connectivity index is 2.09. The fourth-order valence-electron chi connectivity index (χ4n) is 2.51. The molecule has 0 aliphatic heterocycles. The highest BCUT2D eigenvalue weighted by molar-refractivity contribution is 4.91. The average Bonchev–Trinajstić information content (AvgIpc) is 2.25. The molecule has 2 nitrogen and oxygen atoms in total. The van der Waals surface area contributed by atoms with Gasteiger partial charge in [0, 0.05) is 0 Å². The molecule has 2 heteroatoms. The molecule has 2 atom stereocenters. The van der Waals surface area contributed by atoms with E-state index in [0.29, 0.717) is 0 Å². The third-order valence-electron chi connectivity index (χ3n) is 3.71. The van der Waals surface area contributed by atoms with Crippen molar-refractivity contribution in [2.24, 2.45) is 17.3 Å². The van der Waals surface area contributed by atoms with Gasteiger partial charge in [0.1, 0.15) is 0 Å². The molecule has 0 amide bonds. The molecule has 0 radical (unpaired) electrons. The standard InChI is InChI=1S/C14H26N2/c1-12-5-4-6-13(9-12)10-16-8-7-14(2,3)11-15/h12-13,16H,4-10H2,1-3H3. The van der Waals surface area contributed by atoms with Gasteiger partial charge in [-0.1, -0.05) is 19.8 Å². The lowest BCUT2D eigenvalue weighted by Gasteiger charge is -2.27. The molecule has 0 aromatic heterocycles. The van der Waals surface area contributed by atoms with Gasteiger partial charge in [-0.05, 0) is 58.0 Å². The predicted octanol–water partition coefficient (Wildman–Crippen LogP) is 3.34. The Morgan fingerprint density at radius 3 is 2.75 bits per heavy atom. The van der Waals surface area contributed by atoms with Crippen LogP contribution in [0, 0.1) is 28.6 Å². The molecule has 1 N–H and O–H groups in total. The van der Waals surface area contributed by atoms with Gasteiger partial charge in [-0.3, -0.25) is 0 Å². The van der Waals surface area contributed by atoms with Gasteiger partial charge in [0.2, 0.25) is 0 Å². The number of nitrogens with zero attached hydrogens (tertiary/aromatic N) is 1. The van der Waals surface area contributed by atoms with E-state index < -0.39 is 0 Å². The van der Waals surface area contributed by atoms with Crippen molar-refractivity contribution in [3.05, 3.63) is 0 Å². The molecule has 16 heavy (non-hydrogen) atoms. The molecule has 1 rings (SSSR count). The monoisotopic (exact) mass is 222 g/mol. The summed E-state index contributed by atoms with van der Waals surface area (Å²) < 4.78 is 0. The van der Waals surface area contributed by atoms with E-state index in [1.807, 2.05) is 13.8 Å². The number of hydrogen-bond donors (Lipinski definition) is 1. The molecule has 0 aromatic carbocycles.